The zero-order valence-corrected chi connectivity index (χ0v) is 17.6. The lowest BCUT2D eigenvalue weighted by molar-refractivity contribution is -0.118. The normalized spacial score (nSPS) is 11.9. The van der Waals surface area contributed by atoms with Crippen molar-refractivity contribution >= 4 is 50.6 Å². The number of anilines is 3. The lowest BCUT2D eigenvalue weighted by atomic mass is 10.0. The number of amides is 2. The number of H-pyrrole nitrogens is 1. The van der Waals surface area contributed by atoms with Gasteiger partial charge >= 0.3 is 0 Å². The summed E-state index contributed by atoms with van der Waals surface area (Å²) in [5.41, 5.74) is 15.6. The predicted octanol–water partition coefficient (Wildman–Crippen LogP) is 3.28. The molecule has 31 heavy (non-hydrogen) atoms. The highest BCUT2D eigenvalue weighted by atomic mass is 32.1. The summed E-state index contributed by atoms with van der Waals surface area (Å²) in [5.74, 6) is -1.03. The lowest BCUT2D eigenvalue weighted by Crippen LogP contribution is -2.37. The molecule has 158 valence electrons. The fraction of sp³-hybridized carbons (Fsp3) is 0.136. The Labute approximate surface area is 182 Å². The highest BCUT2D eigenvalue weighted by Crippen LogP contribution is 2.28. The lowest BCUT2D eigenvalue weighted by Gasteiger charge is -2.18. The van der Waals surface area contributed by atoms with Gasteiger partial charge in [-0.3, -0.25) is 9.59 Å². The van der Waals surface area contributed by atoms with E-state index < -0.39 is 17.9 Å². The topological polar surface area (TPSA) is 139 Å². The second-order valence-corrected chi connectivity index (χ2v) is 8.05. The van der Waals surface area contributed by atoms with Gasteiger partial charge in [0.2, 0.25) is 5.91 Å². The highest BCUT2D eigenvalue weighted by molar-refractivity contribution is 7.10. The van der Waals surface area contributed by atoms with Crippen LogP contribution in [0.2, 0.25) is 0 Å². The van der Waals surface area contributed by atoms with Crippen LogP contribution >= 0.6 is 11.5 Å². The average Bonchev–Trinajstić information content (AvgIpc) is 3.33. The number of nitrogens with two attached hydrogens (primary N) is 2. The number of aromatic nitrogens is 2. The first-order valence-corrected chi connectivity index (χ1v) is 10.4. The molecule has 9 heteroatoms. The van der Waals surface area contributed by atoms with Gasteiger partial charge in [0.25, 0.3) is 5.91 Å². The molecule has 0 saturated heterocycles. The number of nitrogens with zero attached hydrogens (tertiary/aromatic N) is 1. The monoisotopic (exact) mass is 434 g/mol. The molecule has 2 heterocycles. The van der Waals surface area contributed by atoms with Crippen LogP contribution in [0.25, 0.3) is 10.9 Å². The van der Waals surface area contributed by atoms with E-state index in [-0.39, 0.29) is 0 Å². The first kappa shape index (κ1) is 20.4. The van der Waals surface area contributed by atoms with Crippen LogP contribution in [0.15, 0.2) is 54.7 Å². The number of rotatable bonds is 8. The van der Waals surface area contributed by atoms with Gasteiger partial charge in [-0.2, -0.15) is 4.37 Å². The number of carbonyl (C=O) groups is 2. The van der Waals surface area contributed by atoms with E-state index in [2.05, 4.69) is 20.0 Å². The van der Waals surface area contributed by atoms with E-state index in [1.54, 1.807) is 18.2 Å². The summed E-state index contributed by atoms with van der Waals surface area (Å²) in [6.07, 6.45) is 2.30. The first-order valence-electron chi connectivity index (χ1n) is 9.66. The minimum absolute atomic E-state index is 0.337. The molecule has 0 aliphatic carbocycles. The number of primary amides is 2. The van der Waals surface area contributed by atoms with Crippen LogP contribution in [-0.2, 0) is 11.2 Å². The van der Waals surface area contributed by atoms with Crippen LogP contribution < -0.4 is 22.1 Å². The molecule has 0 spiro atoms. The predicted molar refractivity (Wildman–Crippen MR) is 124 cm³/mol. The molecule has 1 unspecified atom stereocenters. The Morgan fingerprint density at radius 3 is 2.68 bits per heavy atom. The van der Waals surface area contributed by atoms with Crippen molar-refractivity contribution in [1.29, 1.82) is 0 Å². The first-order chi connectivity index (χ1) is 14.9. The van der Waals surface area contributed by atoms with Crippen LogP contribution in [-0.4, -0.2) is 27.2 Å². The van der Waals surface area contributed by atoms with Gasteiger partial charge in [0, 0.05) is 29.2 Å². The van der Waals surface area contributed by atoms with E-state index in [0.717, 1.165) is 27.2 Å². The van der Waals surface area contributed by atoms with E-state index in [0.29, 0.717) is 23.4 Å². The maximum atomic E-state index is 12.2. The number of hydrogen-bond acceptors (Lipinski definition) is 6. The van der Waals surface area contributed by atoms with Gasteiger partial charge in [-0.05, 0) is 54.4 Å². The third-order valence-corrected chi connectivity index (χ3v) is 5.75. The smallest absolute Gasteiger partial charge is 0.250 e. The maximum Gasteiger partial charge on any atom is 0.250 e. The SMILES string of the molecule is Cc1cc(Nc2cc(NC(Cc3c[nH]c4ccccc34)C(N)=O)ccc2C(N)=O)sn1. The van der Waals surface area contributed by atoms with Crippen molar-refractivity contribution in [2.24, 2.45) is 11.5 Å². The third-order valence-electron chi connectivity index (χ3n) is 4.95. The van der Waals surface area contributed by atoms with Crippen molar-refractivity contribution in [2.45, 2.75) is 19.4 Å². The van der Waals surface area contributed by atoms with Gasteiger partial charge in [0.15, 0.2) is 0 Å². The largest absolute Gasteiger partial charge is 0.373 e. The number of hydrogen-bond donors (Lipinski definition) is 5. The molecule has 0 radical (unpaired) electrons. The number of aryl methyl sites for hydroxylation is 1. The van der Waals surface area contributed by atoms with Crippen molar-refractivity contribution < 1.29 is 9.59 Å². The summed E-state index contributed by atoms with van der Waals surface area (Å²) in [7, 11) is 0. The van der Waals surface area contributed by atoms with Crippen LogP contribution in [0, 0.1) is 6.92 Å². The van der Waals surface area contributed by atoms with Crippen molar-refractivity contribution in [3.8, 4) is 0 Å². The minimum Gasteiger partial charge on any atom is -0.373 e. The molecule has 0 aliphatic rings. The zero-order chi connectivity index (χ0) is 22.0. The molecule has 2 aromatic heterocycles. The number of benzene rings is 2. The van der Waals surface area contributed by atoms with Gasteiger partial charge in [-0.1, -0.05) is 18.2 Å². The highest BCUT2D eigenvalue weighted by Gasteiger charge is 2.19. The van der Waals surface area contributed by atoms with Crippen LogP contribution in [0.3, 0.4) is 0 Å². The Kier molecular flexibility index (Phi) is 5.59. The minimum atomic E-state index is -0.642. The van der Waals surface area contributed by atoms with Crippen molar-refractivity contribution in [3.05, 3.63) is 71.5 Å². The zero-order valence-electron chi connectivity index (χ0n) is 16.8. The average molecular weight is 435 g/mol. The molecule has 2 aromatic carbocycles. The number of aromatic amines is 1. The van der Waals surface area contributed by atoms with Gasteiger partial charge in [-0.15, -0.1) is 0 Å². The standard InChI is InChI=1S/C22H22N6O2S/c1-12-8-20(31-28-12)27-18-10-14(6-7-16(18)21(23)29)26-19(22(24)30)9-13-11-25-17-5-3-2-4-15(13)17/h2-8,10-11,19,25-27H,9H2,1H3,(H2,23,29)(H2,24,30). The molecule has 1 atom stereocenters. The van der Waals surface area contributed by atoms with Crippen LogP contribution in [0.4, 0.5) is 16.4 Å². The van der Waals surface area contributed by atoms with Crippen LogP contribution in [0.1, 0.15) is 21.6 Å². The number of fused-ring (bicyclic) bond motifs is 1. The second-order valence-electron chi connectivity index (χ2n) is 7.25. The summed E-state index contributed by atoms with van der Waals surface area (Å²) < 4.78 is 4.23. The van der Waals surface area contributed by atoms with Gasteiger partial charge in [0.05, 0.1) is 16.9 Å². The summed E-state index contributed by atoms with van der Waals surface area (Å²) in [6.45, 7) is 1.89. The Morgan fingerprint density at radius 2 is 1.97 bits per heavy atom. The van der Waals surface area contributed by atoms with Crippen LogP contribution in [0.5, 0.6) is 0 Å². The van der Waals surface area contributed by atoms with Crippen molar-refractivity contribution in [2.75, 3.05) is 10.6 Å². The Hall–Kier alpha value is -3.85. The van der Waals surface area contributed by atoms with E-state index in [1.165, 1.54) is 11.5 Å². The summed E-state index contributed by atoms with van der Waals surface area (Å²) in [5, 5.41) is 8.19. The summed E-state index contributed by atoms with van der Waals surface area (Å²) in [6, 6.07) is 14.2. The molecule has 0 bridgehead atoms. The Balaban J connectivity index is 1.60. The number of para-hydroxylation sites is 1. The number of nitrogens with one attached hydrogen (secondary N) is 3. The van der Waals surface area contributed by atoms with E-state index in [1.807, 2.05) is 43.5 Å². The molecule has 0 fully saturated rings. The van der Waals surface area contributed by atoms with Crippen molar-refractivity contribution in [3.63, 3.8) is 0 Å². The molecule has 7 N–H and O–H groups in total. The Bertz CT molecular complexity index is 1260. The quantitative estimate of drug-likeness (QED) is 0.290. The maximum absolute atomic E-state index is 12.2. The van der Waals surface area contributed by atoms with Gasteiger partial charge in [-0.25, -0.2) is 0 Å². The summed E-state index contributed by atoms with van der Waals surface area (Å²) in [4.78, 5) is 27.2. The Morgan fingerprint density at radius 1 is 1.16 bits per heavy atom. The third kappa shape index (κ3) is 4.51. The second kappa shape index (κ2) is 8.49. The fourth-order valence-electron chi connectivity index (χ4n) is 3.45. The molecule has 8 nitrogen and oxygen atoms in total. The van der Waals surface area contributed by atoms with E-state index in [9.17, 15) is 9.59 Å². The molecule has 0 aliphatic heterocycles. The van der Waals surface area contributed by atoms with Gasteiger partial charge < -0.3 is 27.1 Å². The van der Waals surface area contributed by atoms with E-state index >= 15 is 0 Å². The van der Waals surface area contributed by atoms with E-state index in [4.69, 9.17) is 11.5 Å². The molecule has 0 saturated carbocycles. The molecular weight excluding hydrogens is 412 g/mol. The summed E-state index contributed by atoms with van der Waals surface area (Å²) >= 11 is 1.28. The molecule has 4 aromatic rings. The molecule has 2 amide bonds. The van der Waals surface area contributed by atoms with Gasteiger partial charge in [0.1, 0.15) is 11.0 Å². The fourth-order valence-corrected chi connectivity index (χ4v) is 4.13. The molecular formula is C22H22N6O2S. The molecule has 4 rings (SSSR count). The van der Waals surface area contributed by atoms with Crippen molar-refractivity contribution in [1.82, 2.24) is 9.36 Å². The number of carbonyl (C=O) groups excluding carboxylic acids is 2.